The van der Waals surface area contributed by atoms with Crippen LogP contribution in [0.1, 0.15) is 27.8 Å². The van der Waals surface area contributed by atoms with Crippen LogP contribution in [0.15, 0.2) is 152 Å². The largest absolute Gasteiger partial charge is 0.480 e. The fraction of sp³-hybridized carbons (Fsp3) is 0.279. The third kappa shape index (κ3) is 12.8. The molecule has 12 heteroatoms. The summed E-state index contributed by atoms with van der Waals surface area (Å²) >= 11 is 0. The van der Waals surface area contributed by atoms with E-state index < -0.39 is 51.1 Å². The number of aliphatic carboxylic acids is 1. The van der Waals surface area contributed by atoms with E-state index in [2.05, 4.69) is 0 Å². The zero-order chi connectivity index (χ0) is 38.1. The van der Waals surface area contributed by atoms with E-state index in [1.165, 1.54) is 0 Å². The van der Waals surface area contributed by atoms with Gasteiger partial charge in [-0.1, -0.05) is 152 Å². The molecule has 5 atom stereocenters. The lowest BCUT2D eigenvalue weighted by Crippen LogP contribution is -2.62. The summed E-state index contributed by atoms with van der Waals surface area (Å²) < 4.78 is 64.3. The van der Waals surface area contributed by atoms with Crippen LogP contribution in [0.5, 0.6) is 0 Å². The Hall–Kier alpha value is -4.52. The van der Waals surface area contributed by atoms with Crippen molar-refractivity contribution in [3.8, 4) is 0 Å². The molecule has 1 fully saturated rings. The van der Waals surface area contributed by atoms with Gasteiger partial charge in [-0.05, 0) is 27.8 Å². The number of carboxylic acid groups (broad SMARTS) is 1. The van der Waals surface area contributed by atoms with E-state index in [9.17, 15) is 14.5 Å². The minimum atomic E-state index is -4.26. The standard InChI is InChI=1S/C43H45O11P/c44-39(45)32-50-43-42(49-28-35-20-10-3-11-21-35)41(48-27-34-18-8-2-9-19-34)40(47-26-33-16-6-1-7-17-33)38(54-43)31-53-55(46,51-29-36-22-12-4-13-23-36)52-30-37-24-14-5-15-25-37/h1-25,38,40-43H,26-32H2,(H,44,45)/t38-,40-,41+,42+,43+/m1/s1. The van der Waals surface area contributed by atoms with E-state index in [0.717, 1.165) is 27.8 Å². The number of benzene rings is 5. The van der Waals surface area contributed by atoms with Gasteiger partial charge in [0.25, 0.3) is 0 Å². The minimum Gasteiger partial charge on any atom is -0.480 e. The third-order valence-electron chi connectivity index (χ3n) is 8.68. The molecule has 0 aliphatic carbocycles. The van der Waals surface area contributed by atoms with Crippen molar-refractivity contribution in [1.82, 2.24) is 0 Å². The predicted octanol–water partition coefficient (Wildman–Crippen LogP) is 8.13. The molecule has 0 aromatic heterocycles. The maximum absolute atomic E-state index is 14.4. The molecular weight excluding hydrogens is 723 g/mol. The van der Waals surface area contributed by atoms with Gasteiger partial charge in [0.2, 0.25) is 0 Å². The monoisotopic (exact) mass is 768 g/mol. The molecule has 1 aliphatic heterocycles. The zero-order valence-corrected chi connectivity index (χ0v) is 31.1. The Morgan fingerprint density at radius 3 is 1.25 bits per heavy atom. The second kappa shape index (κ2) is 21.0. The van der Waals surface area contributed by atoms with Gasteiger partial charge in [0.05, 0.1) is 39.6 Å². The van der Waals surface area contributed by atoms with E-state index in [-0.39, 0.29) is 39.6 Å². The molecule has 0 saturated carbocycles. The van der Waals surface area contributed by atoms with Crippen molar-refractivity contribution in [2.75, 3.05) is 13.2 Å². The Balaban J connectivity index is 1.30. The summed E-state index contributed by atoms with van der Waals surface area (Å²) in [5.74, 6) is -1.20. The van der Waals surface area contributed by atoms with E-state index >= 15 is 0 Å². The third-order valence-corrected chi connectivity index (χ3v) is 10.0. The Kier molecular flexibility index (Phi) is 15.3. The Morgan fingerprint density at radius 2 is 0.855 bits per heavy atom. The summed E-state index contributed by atoms with van der Waals surface area (Å²) in [6.45, 7) is -0.651. The highest BCUT2D eigenvalue weighted by molar-refractivity contribution is 7.48. The van der Waals surface area contributed by atoms with Gasteiger partial charge in [0.15, 0.2) is 6.29 Å². The van der Waals surface area contributed by atoms with Gasteiger partial charge in [-0.25, -0.2) is 9.36 Å². The Labute approximate surface area is 321 Å². The first-order chi connectivity index (χ1) is 26.9. The second-order valence-electron chi connectivity index (χ2n) is 12.8. The molecule has 0 amide bonds. The van der Waals surface area contributed by atoms with E-state index in [4.69, 9.17) is 37.3 Å². The zero-order valence-electron chi connectivity index (χ0n) is 30.2. The molecule has 6 rings (SSSR count). The summed E-state index contributed by atoms with van der Waals surface area (Å²) in [7, 11) is -4.26. The summed E-state index contributed by atoms with van der Waals surface area (Å²) in [5, 5.41) is 9.63. The van der Waals surface area contributed by atoms with Crippen molar-refractivity contribution in [2.24, 2.45) is 0 Å². The molecule has 1 heterocycles. The molecule has 1 saturated heterocycles. The van der Waals surface area contributed by atoms with Crippen LogP contribution in [0.3, 0.4) is 0 Å². The normalized spacial score (nSPS) is 19.9. The number of carbonyl (C=O) groups is 1. The highest BCUT2D eigenvalue weighted by atomic mass is 31.2. The van der Waals surface area contributed by atoms with Gasteiger partial charge in [-0.2, -0.15) is 0 Å². The lowest BCUT2D eigenvalue weighted by atomic mass is 9.98. The quantitative estimate of drug-likeness (QED) is 0.0727. The van der Waals surface area contributed by atoms with Crippen LogP contribution in [0.4, 0.5) is 0 Å². The van der Waals surface area contributed by atoms with Crippen LogP contribution in [0.25, 0.3) is 0 Å². The van der Waals surface area contributed by atoms with Gasteiger partial charge < -0.3 is 28.8 Å². The Morgan fingerprint density at radius 1 is 0.491 bits per heavy atom. The number of hydrogen-bond donors (Lipinski definition) is 1. The van der Waals surface area contributed by atoms with Gasteiger partial charge in [-0.3, -0.25) is 13.6 Å². The maximum atomic E-state index is 14.4. The summed E-state index contributed by atoms with van der Waals surface area (Å²) in [6, 6.07) is 47.2. The average Bonchev–Trinajstić information content (AvgIpc) is 3.23. The van der Waals surface area contributed by atoms with E-state index in [1.807, 2.05) is 152 Å². The molecule has 55 heavy (non-hydrogen) atoms. The van der Waals surface area contributed by atoms with Gasteiger partial charge in [0, 0.05) is 0 Å². The summed E-state index contributed by atoms with van der Waals surface area (Å²) in [6.07, 6.45) is -5.01. The van der Waals surface area contributed by atoms with Crippen molar-refractivity contribution in [3.05, 3.63) is 179 Å². The van der Waals surface area contributed by atoms with Crippen LogP contribution in [-0.2, 0) is 79.6 Å². The molecule has 11 nitrogen and oxygen atoms in total. The van der Waals surface area contributed by atoms with Crippen molar-refractivity contribution in [3.63, 3.8) is 0 Å². The van der Waals surface area contributed by atoms with E-state index in [0.29, 0.717) is 0 Å². The summed E-state index contributed by atoms with van der Waals surface area (Å²) in [5.41, 5.74) is 4.19. The van der Waals surface area contributed by atoms with Crippen molar-refractivity contribution in [2.45, 2.75) is 63.7 Å². The molecule has 5 aromatic rings. The maximum Gasteiger partial charge on any atom is 0.475 e. The van der Waals surface area contributed by atoms with Crippen molar-refractivity contribution >= 4 is 13.8 Å². The first-order valence-corrected chi connectivity index (χ1v) is 19.5. The molecular formula is C43H45O11P. The molecule has 0 unspecified atom stereocenters. The number of rotatable bonds is 21. The first kappa shape index (κ1) is 40.2. The van der Waals surface area contributed by atoms with Crippen LogP contribution in [0, 0.1) is 0 Å². The number of ether oxygens (including phenoxy) is 5. The smallest absolute Gasteiger partial charge is 0.475 e. The SMILES string of the molecule is O=C(O)CO[C@H]1O[C@H](COP(=O)(OCc2ccccc2)OCc2ccccc2)[C@@H](OCc2ccccc2)[C@H](OCc2ccccc2)[C@@H]1OCc1ccccc1. The van der Waals surface area contributed by atoms with Gasteiger partial charge >= 0.3 is 13.8 Å². The molecule has 288 valence electrons. The molecule has 1 N–H and O–H groups in total. The fourth-order valence-electron chi connectivity index (χ4n) is 5.90. The molecule has 5 aromatic carbocycles. The van der Waals surface area contributed by atoms with Crippen molar-refractivity contribution in [1.29, 1.82) is 0 Å². The van der Waals surface area contributed by atoms with Crippen molar-refractivity contribution < 1.29 is 51.7 Å². The topological polar surface area (TPSA) is 128 Å². The molecule has 0 spiro atoms. The molecule has 0 radical (unpaired) electrons. The molecule has 1 aliphatic rings. The van der Waals surface area contributed by atoms with Crippen LogP contribution < -0.4 is 0 Å². The Bertz CT molecular complexity index is 1840. The number of phosphoric ester groups is 1. The lowest BCUT2D eigenvalue weighted by molar-refractivity contribution is -0.325. The average molecular weight is 769 g/mol. The fourth-order valence-corrected chi connectivity index (χ4v) is 7.07. The van der Waals surface area contributed by atoms with Crippen LogP contribution in [-0.4, -0.2) is 55.0 Å². The summed E-state index contributed by atoms with van der Waals surface area (Å²) in [4.78, 5) is 11.8. The number of carboxylic acids is 1. The highest BCUT2D eigenvalue weighted by Gasteiger charge is 2.50. The number of phosphoric acid groups is 1. The first-order valence-electron chi connectivity index (χ1n) is 18.0. The minimum absolute atomic E-state index is 0.0467. The van der Waals surface area contributed by atoms with Gasteiger partial charge in [0.1, 0.15) is 31.0 Å². The second-order valence-corrected chi connectivity index (χ2v) is 14.5. The molecule has 0 bridgehead atoms. The number of hydrogen-bond acceptors (Lipinski definition) is 10. The highest BCUT2D eigenvalue weighted by Crippen LogP contribution is 2.51. The van der Waals surface area contributed by atoms with Crippen LogP contribution in [0.2, 0.25) is 0 Å². The predicted molar refractivity (Wildman–Crippen MR) is 203 cm³/mol. The van der Waals surface area contributed by atoms with E-state index in [1.54, 1.807) is 0 Å². The lowest BCUT2D eigenvalue weighted by Gasteiger charge is -2.45. The van der Waals surface area contributed by atoms with Crippen LogP contribution >= 0.6 is 7.82 Å². The van der Waals surface area contributed by atoms with Gasteiger partial charge in [-0.15, -0.1) is 0 Å².